The lowest BCUT2D eigenvalue weighted by atomic mass is 9.76. The minimum absolute atomic E-state index is 0.0100. The number of benzene rings is 1. The van der Waals surface area contributed by atoms with E-state index < -0.39 is 0 Å². The Hall–Kier alpha value is -2.14. The number of nitrogens with zero attached hydrogens (tertiary/aromatic N) is 2. The Balaban J connectivity index is 2.02. The second-order valence-electron chi connectivity index (χ2n) is 6.61. The Bertz CT molecular complexity index is 772. The molecule has 1 aliphatic carbocycles. The molecule has 0 aliphatic heterocycles. The van der Waals surface area contributed by atoms with Crippen LogP contribution in [-0.2, 0) is 0 Å². The van der Waals surface area contributed by atoms with Gasteiger partial charge in [-0.2, -0.15) is 0 Å². The van der Waals surface area contributed by atoms with Crippen LogP contribution in [0.3, 0.4) is 0 Å². The number of fused-ring (bicyclic) bond motifs is 1. The molecule has 0 saturated heterocycles. The van der Waals surface area contributed by atoms with Crippen molar-refractivity contribution in [2.45, 2.75) is 45.6 Å². The van der Waals surface area contributed by atoms with Gasteiger partial charge >= 0.3 is 6.07 Å². The Morgan fingerprint density at radius 2 is 2.05 bits per heavy atom. The van der Waals surface area contributed by atoms with E-state index in [4.69, 9.17) is 4.85 Å². The van der Waals surface area contributed by atoms with E-state index in [9.17, 15) is 0 Å². The summed E-state index contributed by atoms with van der Waals surface area (Å²) in [5.41, 5.74) is 3.52. The molecular weight excluding hydrogens is 268 g/mol. The van der Waals surface area contributed by atoms with Crippen molar-refractivity contribution in [2.24, 2.45) is 5.92 Å². The van der Waals surface area contributed by atoms with Crippen LogP contribution in [-0.4, -0.2) is 10.5 Å². The maximum absolute atomic E-state index is 4.95. The van der Waals surface area contributed by atoms with Gasteiger partial charge in [0.2, 0.25) is 0 Å². The number of aromatic nitrogens is 1. The normalized spacial score (nSPS) is 21.4. The van der Waals surface area contributed by atoms with Gasteiger partial charge in [-0.05, 0) is 25.5 Å². The van der Waals surface area contributed by atoms with E-state index in [2.05, 4.69) is 44.0 Å². The van der Waals surface area contributed by atoms with Gasteiger partial charge in [-0.25, -0.2) is 0 Å². The fourth-order valence-corrected chi connectivity index (χ4v) is 3.09. The highest BCUT2D eigenvalue weighted by Gasteiger charge is 2.44. The molecule has 3 rings (SSSR count). The molecule has 0 spiro atoms. The molecule has 1 aliphatic rings. The van der Waals surface area contributed by atoms with E-state index in [0.29, 0.717) is 5.92 Å². The summed E-state index contributed by atoms with van der Waals surface area (Å²) in [6.45, 7) is 6.75. The van der Waals surface area contributed by atoms with Crippen LogP contribution in [0.2, 0.25) is 0 Å². The maximum atomic E-state index is 4.95. The average Bonchev–Trinajstić information content (AvgIpc) is 2.54. The minimum atomic E-state index is -0.0100. The quantitative estimate of drug-likeness (QED) is 0.639. The van der Waals surface area contributed by atoms with Crippen molar-refractivity contribution in [1.82, 2.24) is 4.98 Å². The maximum Gasteiger partial charge on any atom is 0.312 e. The third-order valence-electron chi connectivity index (χ3n) is 4.88. The zero-order chi connectivity index (χ0) is 15.6. The highest BCUT2D eigenvalue weighted by atomic mass is 14.8. The average molecular weight is 291 g/mol. The zero-order valence-corrected chi connectivity index (χ0v) is 13.6. The number of allylic oxidation sites excluding steroid dienone is 1. The first-order valence-corrected chi connectivity index (χ1v) is 8.08. The van der Waals surface area contributed by atoms with Crippen LogP contribution in [0.5, 0.6) is 0 Å². The summed E-state index contributed by atoms with van der Waals surface area (Å²) >= 11 is 0. The topological polar surface area (TPSA) is 17.2 Å². The molecule has 112 valence electrons. The molecule has 0 bridgehead atoms. The van der Waals surface area contributed by atoms with Crippen molar-refractivity contribution in [3.63, 3.8) is 0 Å². The van der Waals surface area contributed by atoms with Crippen LogP contribution in [0.15, 0.2) is 48.2 Å². The standard InChI is InChI=1S/C20H23N2/c1-15(2)20(11-8-16(3)9-12-20)22-14-17-10-13-21-19-7-5-4-6-18(17)19/h4-8,10,13,15H,9,11-12H2,1-3H3/q+1. The van der Waals surface area contributed by atoms with Gasteiger partial charge in [0.05, 0.1) is 5.52 Å². The van der Waals surface area contributed by atoms with Crippen molar-refractivity contribution in [3.05, 3.63) is 58.6 Å². The Morgan fingerprint density at radius 1 is 1.23 bits per heavy atom. The van der Waals surface area contributed by atoms with Gasteiger partial charge < -0.3 is 0 Å². The summed E-state index contributed by atoms with van der Waals surface area (Å²) in [5, 5.41) is 1.12. The number of para-hydroxylation sites is 1. The minimum Gasteiger partial charge on any atom is -0.256 e. The van der Waals surface area contributed by atoms with Crippen LogP contribution >= 0.6 is 0 Å². The summed E-state index contributed by atoms with van der Waals surface area (Å²) in [6.07, 6.45) is 7.46. The molecule has 2 nitrogen and oxygen atoms in total. The SMILES string of the molecule is CC1=CCC([N+]#Cc2ccnc3ccccc23)(C(C)C)CC1. The molecule has 2 heteroatoms. The molecule has 1 aromatic heterocycles. The smallest absolute Gasteiger partial charge is 0.256 e. The fourth-order valence-electron chi connectivity index (χ4n) is 3.09. The summed E-state index contributed by atoms with van der Waals surface area (Å²) < 4.78 is 0. The second kappa shape index (κ2) is 5.93. The van der Waals surface area contributed by atoms with Gasteiger partial charge in [0, 0.05) is 30.3 Å². The van der Waals surface area contributed by atoms with Crippen LogP contribution in [0.4, 0.5) is 0 Å². The molecule has 0 amide bonds. The molecule has 0 saturated carbocycles. The van der Waals surface area contributed by atoms with Crippen LogP contribution < -0.4 is 0 Å². The highest BCUT2D eigenvalue weighted by molar-refractivity contribution is 5.84. The number of pyridine rings is 1. The summed E-state index contributed by atoms with van der Waals surface area (Å²) in [5.74, 6) is 0.512. The number of hydrogen-bond donors (Lipinski definition) is 0. The van der Waals surface area contributed by atoms with E-state index in [0.717, 1.165) is 35.7 Å². The molecular formula is C20H23N2+. The van der Waals surface area contributed by atoms with Crippen molar-refractivity contribution in [1.29, 1.82) is 0 Å². The first-order chi connectivity index (χ1) is 10.6. The first-order valence-electron chi connectivity index (χ1n) is 8.08. The third-order valence-corrected chi connectivity index (χ3v) is 4.88. The lowest BCUT2D eigenvalue weighted by Crippen LogP contribution is -2.33. The van der Waals surface area contributed by atoms with E-state index in [1.165, 1.54) is 5.57 Å². The van der Waals surface area contributed by atoms with Crippen LogP contribution in [0.25, 0.3) is 15.7 Å². The predicted octanol–water partition coefficient (Wildman–Crippen LogP) is 5.44. The molecule has 0 N–H and O–H groups in total. The van der Waals surface area contributed by atoms with Crippen LogP contribution in [0, 0.1) is 12.0 Å². The molecule has 1 unspecified atom stereocenters. The molecule has 22 heavy (non-hydrogen) atoms. The van der Waals surface area contributed by atoms with Gasteiger partial charge in [0.25, 0.3) is 5.54 Å². The summed E-state index contributed by atoms with van der Waals surface area (Å²) in [6, 6.07) is 13.5. The van der Waals surface area contributed by atoms with Crippen LogP contribution in [0.1, 0.15) is 45.6 Å². The number of hydrogen-bond acceptors (Lipinski definition) is 1. The van der Waals surface area contributed by atoms with E-state index in [-0.39, 0.29) is 5.54 Å². The third kappa shape index (κ3) is 2.76. The molecule has 2 aromatic rings. The van der Waals surface area contributed by atoms with E-state index in [1.54, 1.807) is 0 Å². The lowest BCUT2D eigenvalue weighted by Gasteiger charge is -2.24. The highest BCUT2D eigenvalue weighted by Crippen LogP contribution is 2.37. The summed E-state index contributed by atoms with van der Waals surface area (Å²) in [7, 11) is 0. The fraction of sp³-hybridized carbons (Fsp3) is 0.400. The van der Waals surface area contributed by atoms with Crippen molar-refractivity contribution < 1.29 is 0 Å². The zero-order valence-electron chi connectivity index (χ0n) is 13.6. The largest absolute Gasteiger partial charge is 0.312 e. The first kappa shape index (κ1) is 14.8. The Morgan fingerprint density at radius 3 is 2.77 bits per heavy atom. The molecule has 1 aromatic carbocycles. The molecule has 0 radical (unpaired) electrons. The molecule has 0 fully saturated rings. The monoisotopic (exact) mass is 291 g/mol. The van der Waals surface area contributed by atoms with Gasteiger partial charge in [-0.3, -0.25) is 4.98 Å². The Kier molecular flexibility index (Phi) is 3.98. The van der Waals surface area contributed by atoms with Gasteiger partial charge in [-0.1, -0.05) is 48.5 Å². The Labute approximate surface area is 132 Å². The number of rotatable bonds is 1. The second-order valence-corrected chi connectivity index (χ2v) is 6.61. The van der Waals surface area contributed by atoms with Gasteiger partial charge in [0.1, 0.15) is 5.56 Å². The lowest BCUT2D eigenvalue weighted by molar-refractivity contribution is 0.336. The van der Waals surface area contributed by atoms with Crippen molar-refractivity contribution in [3.8, 4) is 6.07 Å². The van der Waals surface area contributed by atoms with Gasteiger partial charge in [-0.15, -0.1) is 0 Å². The van der Waals surface area contributed by atoms with Gasteiger partial charge in [0.15, 0.2) is 0 Å². The molecule has 1 heterocycles. The van der Waals surface area contributed by atoms with Crippen molar-refractivity contribution >= 4 is 10.9 Å². The summed E-state index contributed by atoms with van der Waals surface area (Å²) in [4.78, 5) is 9.35. The van der Waals surface area contributed by atoms with E-state index in [1.807, 2.05) is 30.5 Å². The predicted molar refractivity (Wildman–Crippen MR) is 93.3 cm³/mol. The van der Waals surface area contributed by atoms with E-state index >= 15 is 0 Å². The molecule has 1 atom stereocenters. The van der Waals surface area contributed by atoms with Crippen molar-refractivity contribution in [2.75, 3.05) is 0 Å².